The van der Waals surface area contributed by atoms with E-state index >= 15 is 0 Å². The van der Waals surface area contributed by atoms with Crippen molar-refractivity contribution in [3.05, 3.63) is 24.3 Å². The first-order chi connectivity index (χ1) is 11.3. The molecule has 1 rings (SSSR count). The van der Waals surface area contributed by atoms with E-state index in [0.29, 0.717) is 24.7 Å². The zero-order valence-corrected chi connectivity index (χ0v) is 15.1. The molecule has 0 aliphatic rings. The van der Waals surface area contributed by atoms with Crippen LogP contribution in [0.1, 0.15) is 46.5 Å². The average molecular weight is 335 g/mol. The summed E-state index contributed by atoms with van der Waals surface area (Å²) in [6.45, 7) is 6.23. The maximum atomic E-state index is 11.6. The van der Waals surface area contributed by atoms with Crippen molar-refractivity contribution in [1.82, 2.24) is 0 Å². The lowest BCUT2D eigenvalue weighted by Gasteiger charge is -2.19. The lowest BCUT2D eigenvalue weighted by Crippen LogP contribution is -2.23. The summed E-state index contributed by atoms with van der Waals surface area (Å²) in [6.07, 6.45) is 3.02. The van der Waals surface area contributed by atoms with Gasteiger partial charge in [-0.3, -0.25) is 9.79 Å². The fourth-order valence-corrected chi connectivity index (χ4v) is 2.08. The summed E-state index contributed by atoms with van der Waals surface area (Å²) in [7, 11) is 1.61. The van der Waals surface area contributed by atoms with E-state index in [9.17, 15) is 4.79 Å². The lowest BCUT2D eigenvalue weighted by atomic mass is 10.1. The molecule has 0 saturated heterocycles. The smallest absolute Gasteiger partial charge is 0.306 e. The number of methoxy groups -OCH3 is 1. The molecule has 1 aromatic rings. The number of rotatable bonds is 8. The van der Waals surface area contributed by atoms with Crippen molar-refractivity contribution in [2.45, 2.75) is 52.1 Å². The molecule has 0 aliphatic carbocycles. The van der Waals surface area contributed by atoms with Crippen LogP contribution in [0.15, 0.2) is 29.3 Å². The molecule has 0 amide bonds. The number of guanidine groups is 1. The number of nitrogens with zero attached hydrogens (tertiary/aromatic N) is 1. The number of aliphatic imine (C=N–C) groups is 1. The molecule has 0 aliphatic heterocycles. The topological polar surface area (TPSA) is 85.9 Å². The van der Waals surface area contributed by atoms with Gasteiger partial charge in [-0.2, -0.15) is 0 Å². The van der Waals surface area contributed by atoms with Crippen LogP contribution in [0.25, 0.3) is 0 Å². The molecular formula is C18H29N3O3. The monoisotopic (exact) mass is 335 g/mol. The number of hydrogen-bond acceptors (Lipinski definition) is 4. The van der Waals surface area contributed by atoms with Gasteiger partial charge < -0.3 is 20.5 Å². The molecule has 0 radical (unpaired) electrons. The van der Waals surface area contributed by atoms with Crippen LogP contribution in [0.4, 0.5) is 5.69 Å². The Balaban J connectivity index is 2.24. The summed E-state index contributed by atoms with van der Waals surface area (Å²) in [5, 5.41) is 3.02. The zero-order chi connectivity index (χ0) is 18.0. The lowest BCUT2D eigenvalue weighted by molar-refractivity contribution is -0.154. The van der Waals surface area contributed by atoms with E-state index in [1.54, 1.807) is 7.11 Å². The molecule has 3 N–H and O–H groups in total. The summed E-state index contributed by atoms with van der Waals surface area (Å²) >= 11 is 0. The van der Waals surface area contributed by atoms with Crippen LogP contribution >= 0.6 is 0 Å². The van der Waals surface area contributed by atoms with Crippen LogP contribution in [0, 0.1) is 0 Å². The van der Waals surface area contributed by atoms with Crippen LogP contribution < -0.4 is 15.8 Å². The number of unbranched alkanes of at least 4 members (excludes halogenated alkanes) is 2. The molecule has 6 heteroatoms. The number of esters is 1. The maximum Gasteiger partial charge on any atom is 0.306 e. The van der Waals surface area contributed by atoms with E-state index < -0.39 is 5.60 Å². The third-order valence-corrected chi connectivity index (χ3v) is 3.11. The molecule has 0 spiro atoms. The maximum absolute atomic E-state index is 11.6. The Morgan fingerprint density at radius 2 is 1.92 bits per heavy atom. The van der Waals surface area contributed by atoms with Gasteiger partial charge in [-0.25, -0.2) is 0 Å². The standard InChI is InChI=1S/C18H29N3O3/c1-18(2,3)24-16(22)12-6-5-9-13-20-17(19)21-14-10-7-8-11-15(14)23-4/h7-8,10-11H,5-6,9,12-13H2,1-4H3,(H3,19,20,21). The Morgan fingerprint density at radius 1 is 1.21 bits per heavy atom. The minimum atomic E-state index is -0.417. The van der Waals surface area contributed by atoms with Crippen molar-refractivity contribution in [2.75, 3.05) is 19.0 Å². The number of nitrogens with two attached hydrogens (primary N) is 1. The van der Waals surface area contributed by atoms with Gasteiger partial charge in [0.25, 0.3) is 0 Å². The molecule has 134 valence electrons. The van der Waals surface area contributed by atoms with Gasteiger partial charge in [0.2, 0.25) is 0 Å². The number of para-hydroxylation sites is 2. The summed E-state index contributed by atoms with van der Waals surface area (Å²) < 4.78 is 10.5. The Hall–Kier alpha value is -2.24. The highest BCUT2D eigenvalue weighted by atomic mass is 16.6. The normalized spacial score (nSPS) is 11.9. The largest absolute Gasteiger partial charge is 0.495 e. The van der Waals surface area contributed by atoms with E-state index in [2.05, 4.69) is 10.3 Å². The SMILES string of the molecule is COc1ccccc1NC(N)=NCCCCCC(=O)OC(C)(C)C. The predicted molar refractivity (Wildman–Crippen MR) is 97.4 cm³/mol. The highest BCUT2D eigenvalue weighted by molar-refractivity contribution is 5.93. The number of carbonyl (C=O) groups excluding carboxylic acids is 1. The van der Waals surface area contributed by atoms with Gasteiger partial charge in [0.15, 0.2) is 5.96 Å². The average Bonchev–Trinajstić information content (AvgIpc) is 2.49. The van der Waals surface area contributed by atoms with Gasteiger partial charge in [0.05, 0.1) is 12.8 Å². The first-order valence-electron chi connectivity index (χ1n) is 8.23. The molecule has 24 heavy (non-hydrogen) atoms. The van der Waals surface area contributed by atoms with Crippen LogP contribution in [0.3, 0.4) is 0 Å². The summed E-state index contributed by atoms with van der Waals surface area (Å²) in [5.41, 5.74) is 6.24. The highest BCUT2D eigenvalue weighted by Crippen LogP contribution is 2.22. The molecule has 1 aromatic carbocycles. The first kappa shape index (κ1) is 19.8. The summed E-state index contributed by atoms with van der Waals surface area (Å²) in [6, 6.07) is 7.52. The van der Waals surface area contributed by atoms with E-state index in [1.807, 2.05) is 45.0 Å². The fraction of sp³-hybridized carbons (Fsp3) is 0.556. The minimum absolute atomic E-state index is 0.150. The van der Waals surface area contributed by atoms with Crippen molar-refractivity contribution in [3.63, 3.8) is 0 Å². The van der Waals surface area contributed by atoms with Crippen LogP contribution in [0.2, 0.25) is 0 Å². The third kappa shape index (κ3) is 8.41. The number of carbonyl (C=O) groups is 1. The number of nitrogens with one attached hydrogen (secondary N) is 1. The van der Waals surface area contributed by atoms with E-state index in [-0.39, 0.29) is 5.97 Å². The molecule has 0 heterocycles. The van der Waals surface area contributed by atoms with Gasteiger partial charge >= 0.3 is 5.97 Å². The molecular weight excluding hydrogens is 306 g/mol. The molecule has 0 aromatic heterocycles. The van der Waals surface area contributed by atoms with Crippen molar-refractivity contribution in [1.29, 1.82) is 0 Å². The second-order valence-corrected chi connectivity index (χ2v) is 6.49. The number of anilines is 1. The van der Waals surface area contributed by atoms with Gasteiger partial charge in [-0.15, -0.1) is 0 Å². The number of benzene rings is 1. The van der Waals surface area contributed by atoms with Crippen LogP contribution in [0.5, 0.6) is 5.75 Å². The van der Waals surface area contributed by atoms with E-state index in [1.165, 1.54) is 0 Å². The van der Waals surface area contributed by atoms with Crippen LogP contribution in [-0.2, 0) is 9.53 Å². The fourth-order valence-electron chi connectivity index (χ4n) is 2.08. The van der Waals surface area contributed by atoms with Gasteiger partial charge in [-0.1, -0.05) is 18.6 Å². The van der Waals surface area contributed by atoms with Crippen LogP contribution in [-0.4, -0.2) is 31.2 Å². The van der Waals surface area contributed by atoms with Crippen molar-refractivity contribution in [2.24, 2.45) is 10.7 Å². The Kier molecular flexibility index (Phi) is 8.09. The second-order valence-electron chi connectivity index (χ2n) is 6.49. The third-order valence-electron chi connectivity index (χ3n) is 3.11. The predicted octanol–water partition coefficient (Wildman–Crippen LogP) is 3.32. The number of ether oxygens (including phenoxy) is 2. The molecule has 0 unspecified atom stereocenters. The minimum Gasteiger partial charge on any atom is -0.495 e. The highest BCUT2D eigenvalue weighted by Gasteiger charge is 2.15. The van der Waals surface area contributed by atoms with Gasteiger partial charge in [-0.05, 0) is 45.7 Å². The summed E-state index contributed by atoms with van der Waals surface area (Å²) in [4.78, 5) is 15.9. The molecule has 0 atom stereocenters. The van der Waals surface area contributed by atoms with Crippen molar-refractivity contribution >= 4 is 17.6 Å². The quantitative estimate of drug-likeness (QED) is 0.329. The van der Waals surface area contributed by atoms with Crippen molar-refractivity contribution in [3.8, 4) is 5.75 Å². The summed E-state index contributed by atoms with van der Waals surface area (Å²) in [5.74, 6) is 0.919. The molecule has 0 bridgehead atoms. The van der Waals surface area contributed by atoms with E-state index in [0.717, 1.165) is 24.9 Å². The first-order valence-corrected chi connectivity index (χ1v) is 8.23. The van der Waals surface area contributed by atoms with Gasteiger partial charge in [0, 0.05) is 13.0 Å². The molecule has 0 saturated carbocycles. The Bertz CT molecular complexity index is 551. The second kappa shape index (κ2) is 9.80. The molecule has 6 nitrogen and oxygen atoms in total. The van der Waals surface area contributed by atoms with Crippen molar-refractivity contribution < 1.29 is 14.3 Å². The Labute approximate surface area is 144 Å². The van der Waals surface area contributed by atoms with E-state index in [4.69, 9.17) is 15.2 Å². The Morgan fingerprint density at radius 3 is 2.58 bits per heavy atom. The number of hydrogen-bond donors (Lipinski definition) is 2. The molecule has 0 fully saturated rings. The zero-order valence-electron chi connectivity index (χ0n) is 15.1. The van der Waals surface area contributed by atoms with Gasteiger partial charge in [0.1, 0.15) is 11.4 Å².